The molecule has 0 aliphatic carbocycles. The quantitative estimate of drug-likeness (QED) is 0.937. The Morgan fingerprint density at radius 2 is 2.19 bits per heavy atom. The molecule has 2 atom stereocenters. The summed E-state index contributed by atoms with van der Waals surface area (Å²) < 4.78 is 0. The van der Waals surface area contributed by atoms with Gasteiger partial charge in [0.25, 0.3) is 0 Å². The summed E-state index contributed by atoms with van der Waals surface area (Å²) in [6.07, 6.45) is 5.74. The van der Waals surface area contributed by atoms with Gasteiger partial charge in [0.05, 0.1) is 17.4 Å². The lowest BCUT2D eigenvalue weighted by molar-refractivity contribution is 0.372. The number of benzene rings is 1. The predicted molar refractivity (Wildman–Crippen MR) is 87.7 cm³/mol. The zero-order chi connectivity index (χ0) is 14.7. The number of fused-ring (bicyclic) bond motifs is 1. The topological polar surface area (TPSA) is 41.0 Å². The first kappa shape index (κ1) is 14.3. The summed E-state index contributed by atoms with van der Waals surface area (Å²) in [7, 11) is 0. The van der Waals surface area contributed by atoms with Gasteiger partial charge in [-0.3, -0.25) is 0 Å². The van der Waals surface area contributed by atoms with Crippen molar-refractivity contribution in [2.24, 2.45) is 0 Å². The van der Waals surface area contributed by atoms with Crippen LogP contribution in [-0.2, 0) is 0 Å². The number of piperidine rings is 1. The lowest BCUT2D eigenvalue weighted by Crippen LogP contribution is -2.51. The fourth-order valence-corrected chi connectivity index (χ4v) is 3.46. The summed E-state index contributed by atoms with van der Waals surface area (Å²) in [5, 5.41) is 13.3. The molecule has 4 heteroatoms. The fraction of sp³-hybridized carbons (Fsp3) is 0.529. The number of nitrogens with zero attached hydrogens (tertiary/aromatic N) is 3. The molecule has 4 nitrogen and oxygen atoms in total. The highest BCUT2D eigenvalue weighted by Gasteiger charge is 2.28. The molecule has 1 aromatic heterocycles. The van der Waals surface area contributed by atoms with Crippen molar-refractivity contribution in [3.8, 4) is 0 Å². The maximum absolute atomic E-state index is 4.25. The lowest BCUT2D eigenvalue weighted by atomic mass is 9.95. The van der Waals surface area contributed by atoms with Gasteiger partial charge in [-0.25, -0.2) is 0 Å². The maximum atomic E-state index is 4.25. The molecule has 0 saturated carbocycles. The standard InChI is InChI=1S/C17H24N4/c1-3-18-13(2)16-10-6-7-11-21(16)17-12-19-20-15-9-5-4-8-14(15)17/h4-5,8-9,12-13,16,18H,3,6-7,10-11H2,1-2H3. The van der Waals surface area contributed by atoms with Crippen molar-refractivity contribution in [1.29, 1.82) is 0 Å². The van der Waals surface area contributed by atoms with Gasteiger partial charge in [-0.1, -0.05) is 25.1 Å². The Morgan fingerprint density at radius 3 is 3.05 bits per heavy atom. The van der Waals surface area contributed by atoms with Crippen LogP contribution in [0.1, 0.15) is 33.1 Å². The van der Waals surface area contributed by atoms with Gasteiger partial charge in [0, 0.05) is 24.0 Å². The first-order valence-electron chi connectivity index (χ1n) is 8.01. The van der Waals surface area contributed by atoms with Crippen molar-refractivity contribution in [2.45, 2.75) is 45.2 Å². The molecule has 21 heavy (non-hydrogen) atoms. The van der Waals surface area contributed by atoms with E-state index < -0.39 is 0 Å². The van der Waals surface area contributed by atoms with E-state index in [1.54, 1.807) is 0 Å². The first-order chi connectivity index (χ1) is 10.3. The average molecular weight is 284 g/mol. The normalized spacial score (nSPS) is 20.7. The molecule has 0 radical (unpaired) electrons. The zero-order valence-electron chi connectivity index (χ0n) is 12.9. The molecule has 0 bridgehead atoms. The maximum Gasteiger partial charge on any atom is 0.0950 e. The van der Waals surface area contributed by atoms with E-state index in [2.05, 4.69) is 46.4 Å². The summed E-state index contributed by atoms with van der Waals surface area (Å²) in [5.74, 6) is 0. The predicted octanol–water partition coefficient (Wildman–Crippen LogP) is 2.99. The van der Waals surface area contributed by atoms with Crippen molar-refractivity contribution < 1.29 is 0 Å². The van der Waals surface area contributed by atoms with Crippen molar-refractivity contribution in [3.63, 3.8) is 0 Å². The van der Waals surface area contributed by atoms with E-state index in [-0.39, 0.29) is 0 Å². The SMILES string of the molecule is CCNC(C)C1CCCCN1c1cnnc2ccccc12. The van der Waals surface area contributed by atoms with Crippen LogP contribution in [0.4, 0.5) is 5.69 Å². The summed E-state index contributed by atoms with van der Waals surface area (Å²) in [6, 6.07) is 9.32. The van der Waals surface area contributed by atoms with Gasteiger partial charge in [0.2, 0.25) is 0 Å². The largest absolute Gasteiger partial charge is 0.365 e. The molecule has 1 saturated heterocycles. The van der Waals surface area contributed by atoms with E-state index in [1.807, 2.05) is 18.3 Å². The number of likely N-dealkylation sites (N-methyl/N-ethyl adjacent to an activating group) is 1. The number of rotatable bonds is 4. The molecule has 0 amide bonds. The van der Waals surface area contributed by atoms with Crippen LogP contribution in [0.2, 0.25) is 0 Å². The average Bonchev–Trinajstić information content (AvgIpc) is 2.54. The fourth-order valence-electron chi connectivity index (χ4n) is 3.46. The Kier molecular flexibility index (Phi) is 4.34. The van der Waals surface area contributed by atoms with Gasteiger partial charge >= 0.3 is 0 Å². The minimum absolute atomic E-state index is 0.488. The molecule has 2 unspecified atom stereocenters. The van der Waals surface area contributed by atoms with Crippen LogP contribution in [0.5, 0.6) is 0 Å². The van der Waals surface area contributed by atoms with Gasteiger partial charge in [-0.05, 0) is 38.8 Å². The number of hydrogen-bond acceptors (Lipinski definition) is 4. The van der Waals surface area contributed by atoms with Crippen LogP contribution in [-0.4, -0.2) is 35.4 Å². The van der Waals surface area contributed by atoms with Crippen LogP contribution >= 0.6 is 0 Å². The lowest BCUT2D eigenvalue weighted by Gasteiger charge is -2.41. The number of anilines is 1. The Labute approximate surface area is 126 Å². The highest BCUT2D eigenvalue weighted by atomic mass is 15.2. The Bertz CT molecular complexity index is 593. The summed E-state index contributed by atoms with van der Waals surface area (Å²) in [6.45, 7) is 6.59. The van der Waals surface area contributed by atoms with Crippen molar-refractivity contribution in [1.82, 2.24) is 15.5 Å². The van der Waals surface area contributed by atoms with Crippen LogP contribution in [0.15, 0.2) is 30.5 Å². The Hall–Kier alpha value is -1.68. The Balaban J connectivity index is 1.98. The molecule has 0 spiro atoms. The van der Waals surface area contributed by atoms with Crippen molar-refractivity contribution in [2.75, 3.05) is 18.0 Å². The summed E-state index contributed by atoms with van der Waals surface area (Å²) in [4.78, 5) is 2.54. The van der Waals surface area contributed by atoms with E-state index in [4.69, 9.17) is 0 Å². The smallest absolute Gasteiger partial charge is 0.0950 e. The van der Waals surface area contributed by atoms with Gasteiger partial charge in [-0.2, -0.15) is 10.2 Å². The molecule has 3 rings (SSSR count). The monoisotopic (exact) mass is 284 g/mol. The van der Waals surface area contributed by atoms with E-state index >= 15 is 0 Å². The minimum Gasteiger partial charge on any atom is -0.365 e. The highest BCUT2D eigenvalue weighted by molar-refractivity contribution is 5.90. The summed E-state index contributed by atoms with van der Waals surface area (Å²) >= 11 is 0. The van der Waals surface area contributed by atoms with Gasteiger partial charge in [0.1, 0.15) is 0 Å². The van der Waals surface area contributed by atoms with Crippen LogP contribution in [0.25, 0.3) is 10.9 Å². The second kappa shape index (κ2) is 6.39. The Morgan fingerprint density at radius 1 is 1.33 bits per heavy atom. The van der Waals surface area contributed by atoms with Crippen LogP contribution in [0, 0.1) is 0 Å². The molecule has 1 aromatic carbocycles. The van der Waals surface area contributed by atoms with E-state index in [0.29, 0.717) is 12.1 Å². The molecule has 2 heterocycles. The molecule has 112 valence electrons. The molecule has 1 aliphatic rings. The first-order valence-corrected chi connectivity index (χ1v) is 8.01. The van der Waals surface area contributed by atoms with Gasteiger partial charge in [0.15, 0.2) is 0 Å². The van der Waals surface area contributed by atoms with E-state index in [9.17, 15) is 0 Å². The third kappa shape index (κ3) is 2.86. The van der Waals surface area contributed by atoms with Crippen molar-refractivity contribution in [3.05, 3.63) is 30.5 Å². The summed E-state index contributed by atoms with van der Waals surface area (Å²) in [5.41, 5.74) is 2.21. The number of hydrogen-bond donors (Lipinski definition) is 1. The molecular formula is C17H24N4. The van der Waals surface area contributed by atoms with Gasteiger partial charge in [-0.15, -0.1) is 0 Å². The number of aromatic nitrogens is 2. The van der Waals surface area contributed by atoms with Crippen LogP contribution in [0.3, 0.4) is 0 Å². The highest BCUT2D eigenvalue weighted by Crippen LogP contribution is 2.31. The van der Waals surface area contributed by atoms with E-state index in [1.165, 1.54) is 30.3 Å². The number of nitrogens with one attached hydrogen (secondary N) is 1. The molecule has 2 aromatic rings. The molecular weight excluding hydrogens is 260 g/mol. The van der Waals surface area contributed by atoms with Crippen LogP contribution < -0.4 is 10.2 Å². The molecule has 1 aliphatic heterocycles. The van der Waals surface area contributed by atoms with Crippen molar-refractivity contribution >= 4 is 16.6 Å². The third-order valence-electron chi connectivity index (χ3n) is 4.49. The van der Waals surface area contributed by atoms with Gasteiger partial charge < -0.3 is 10.2 Å². The van der Waals surface area contributed by atoms with E-state index in [0.717, 1.165) is 18.6 Å². The zero-order valence-corrected chi connectivity index (χ0v) is 12.9. The third-order valence-corrected chi connectivity index (χ3v) is 4.49. The molecule has 1 N–H and O–H groups in total. The molecule has 1 fully saturated rings. The minimum atomic E-state index is 0.488. The second-order valence-electron chi connectivity index (χ2n) is 5.85. The second-order valence-corrected chi connectivity index (χ2v) is 5.85.